The second-order valence-electron chi connectivity index (χ2n) is 4.12. The lowest BCUT2D eigenvalue weighted by atomic mass is 9.81. The van der Waals surface area contributed by atoms with Gasteiger partial charge in [0.2, 0.25) is 0 Å². The molecular formula is C11H17N3O2. The summed E-state index contributed by atoms with van der Waals surface area (Å²) in [5, 5.41) is 4.33. The lowest BCUT2D eigenvalue weighted by Crippen LogP contribution is -2.15. The van der Waals surface area contributed by atoms with Crippen LogP contribution in [-0.2, 0) is 11.8 Å². The molecule has 0 spiro atoms. The van der Waals surface area contributed by atoms with Crippen LogP contribution >= 0.6 is 0 Å². The molecule has 1 aromatic heterocycles. The van der Waals surface area contributed by atoms with E-state index in [0.717, 1.165) is 18.5 Å². The topological polar surface area (TPSA) is 70.1 Å². The van der Waals surface area contributed by atoms with Crippen molar-refractivity contribution >= 4 is 11.8 Å². The molecule has 0 atom stereocenters. The lowest BCUT2D eigenvalue weighted by Gasteiger charge is -2.24. The first-order valence-corrected chi connectivity index (χ1v) is 5.64. The monoisotopic (exact) mass is 223 g/mol. The van der Waals surface area contributed by atoms with Crippen LogP contribution in [0.4, 0.5) is 5.82 Å². The fourth-order valence-electron chi connectivity index (χ4n) is 1.94. The van der Waals surface area contributed by atoms with Gasteiger partial charge in [-0.2, -0.15) is 5.10 Å². The number of carbonyl (C=O) groups excluding carboxylic acids is 1. The maximum atomic E-state index is 11.8. The molecule has 0 saturated heterocycles. The van der Waals surface area contributed by atoms with Gasteiger partial charge in [-0.1, -0.05) is 6.42 Å². The third kappa shape index (κ3) is 1.66. The zero-order chi connectivity index (χ0) is 11.7. The van der Waals surface area contributed by atoms with Gasteiger partial charge in [-0.15, -0.1) is 0 Å². The quantitative estimate of drug-likeness (QED) is 0.787. The molecule has 16 heavy (non-hydrogen) atoms. The van der Waals surface area contributed by atoms with Gasteiger partial charge in [0.05, 0.1) is 12.3 Å². The molecule has 5 heteroatoms. The Bertz CT molecular complexity index is 408. The Morgan fingerprint density at radius 2 is 2.31 bits per heavy atom. The van der Waals surface area contributed by atoms with Gasteiger partial charge < -0.3 is 10.5 Å². The summed E-state index contributed by atoms with van der Waals surface area (Å²) >= 11 is 0. The molecule has 0 aliphatic heterocycles. The van der Waals surface area contributed by atoms with Crippen LogP contribution in [0.1, 0.15) is 48.2 Å². The molecule has 2 rings (SSSR count). The molecule has 0 radical (unpaired) electrons. The van der Waals surface area contributed by atoms with E-state index in [1.54, 1.807) is 18.7 Å². The summed E-state index contributed by atoms with van der Waals surface area (Å²) in [5.41, 5.74) is 7.13. The normalized spacial score (nSPS) is 15.9. The van der Waals surface area contributed by atoms with Gasteiger partial charge in [0.25, 0.3) is 0 Å². The SMILES string of the molecule is CCOC(=O)c1c(C2CCC2)nn(C)c1N. The van der Waals surface area contributed by atoms with Crippen molar-refractivity contribution in [1.29, 1.82) is 0 Å². The summed E-state index contributed by atoms with van der Waals surface area (Å²) in [6.45, 7) is 2.14. The van der Waals surface area contributed by atoms with Gasteiger partial charge in [-0.05, 0) is 19.8 Å². The van der Waals surface area contributed by atoms with Gasteiger partial charge in [0, 0.05) is 13.0 Å². The molecule has 1 aromatic rings. The number of anilines is 1. The van der Waals surface area contributed by atoms with Gasteiger partial charge in [-0.3, -0.25) is 4.68 Å². The zero-order valence-corrected chi connectivity index (χ0v) is 9.69. The average molecular weight is 223 g/mol. The number of ether oxygens (including phenoxy) is 1. The van der Waals surface area contributed by atoms with Crippen molar-refractivity contribution in [2.45, 2.75) is 32.1 Å². The Morgan fingerprint density at radius 1 is 1.62 bits per heavy atom. The molecule has 1 fully saturated rings. The molecule has 1 saturated carbocycles. The van der Waals surface area contributed by atoms with Gasteiger partial charge in [0.15, 0.2) is 0 Å². The number of esters is 1. The number of hydrogen-bond donors (Lipinski definition) is 1. The van der Waals surface area contributed by atoms with Crippen LogP contribution in [0.15, 0.2) is 0 Å². The van der Waals surface area contributed by atoms with Crippen LogP contribution in [0.25, 0.3) is 0 Å². The number of carbonyl (C=O) groups is 1. The second kappa shape index (κ2) is 4.15. The molecule has 5 nitrogen and oxygen atoms in total. The number of nitrogens with zero attached hydrogens (tertiary/aromatic N) is 2. The predicted octanol–water partition coefficient (Wildman–Crippen LogP) is 1.45. The smallest absolute Gasteiger partial charge is 0.343 e. The highest BCUT2D eigenvalue weighted by Gasteiger charge is 2.30. The van der Waals surface area contributed by atoms with Crippen LogP contribution in [0.2, 0.25) is 0 Å². The molecule has 0 bridgehead atoms. The van der Waals surface area contributed by atoms with E-state index in [1.165, 1.54) is 6.42 Å². The minimum Gasteiger partial charge on any atom is -0.462 e. The summed E-state index contributed by atoms with van der Waals surface area (Å²) in [6.07, 6.45) is 3.37. The van der Waals surface area contributed by atoms with E-state index in [4.69, 9.17) is 10.5 Å². The lowest BCUT2D eigenvalue weighted by molar-refractivity contribution is 0.0525. The summed E-state index contributed by atoms with van der Waals surface area (Å²) in [4.78, 5) is 11.8. The molecule has 0 aromatic carbocycles. The van der Waals surface area contributed by atoms with Gasteiger partial charge in [-0.25, -0.2) is 4.79 Å². The molecule has 1 aliphatic rings. The maximum absolute atomic E-state index is 11.8. The van der Waals surface area contributed by atoms with Gasteiger partial charge >= 0.3 is 5.97 Å². The molecule has 0 unspecified atom stereocenters. The maximum Gasteiger partial charge on any atom is 0.343 e. The van der Waals surface area contributed by atoms with Crippen LogP contribution in [-0.4, -0.2) is 22.4 Å². The number of rotatable bonds is 3. The third-order valence-electron chi connectivity index (χ3n) is 3.09. The van der Waals surface area contributed by atoms with Crippen molar-refractivity contribution < 1.29 is 9.53 Å². The van der Waals surface area contributed by atoms with Gasteiger partial charge in [0.1, 0.15) is 11.4 Å². The fourth-order valence-corrected chi connectivity index (χ4v) is 1.94. The summed E-state index contributed by atoms with van der Waals surface area (Å²) in [7, 11) is 1.75. The third-order valence-corrected chi connectivity index (χ3v) is 3.09. The van der Waals surface area contributed by atoms with E-state index in [1.807, 2.05) is 0 Å². The van der Waals surface area contributed by atoms with E-state index < -0.39 is 0 Å². The summed E-state index contributed by atoms with van der Waals surface area (Å²) in [6, 6.07) is 0. The second-order valence-corrected chi connectivity index (χ2v) is 4.12. The van der Waals surface area contributed by atoms with Crippen LogP contribution in [0.3, 0.4) is 0 Å². The largest absolute Gasteiger partial charge is 0.462 e. The highest BCUT2D eigenvalue weighted by Crippen LogP contribution is 2.38. The van der Waals surface area contributed by atoms with Crippen LogP contribution in [0.5, 0.6) is 0 Å². The van der Waals surface area contributed by atoms with Crippen molar-refractivity contribution in [2.75, 3.05) is 12.3 Å². The fraction of sp³-hybridized carbons (Fsp3) is 0.636. The van der Waals surface area contributed by atoms with Crippen molar-refractivity contribution in [3.63, 3.8) is 0 Å². The van der Waals surface area contributed by atoms with Crippen molar-refractivity contribution in [3.8, 4) is 0 Å². The van der Waals surface area contributed by atoms with Crippen molar-refractivity contribution in [1.82, 2.24) is 9.78 Å². The standard InChI is InChI=1S/C11H17N3O2/c1-3-16-11(15)8-9(7-5-4-6-7)13-14(2)10(8)12/h7H,3-6,12H2,1-2H3. The van der Waals surface area contributed by atoms with E-state index >= 15 is 0 Å². The first-order chi connectivity index (χ1) is 7.65. The van der Waals surface area contributed by atoms with E-state index in [9.17, 15) is 4.79 Å². The molecule has 88 valence electrons. The Kier molecular flexibility index (Phi) is 2.85. The molecule has 1 aliphatic carbocycles. The van der Waals surface area contributed by atoms with Crippen molar-refractivity contribution in [2.24, 2.45) is 7.05 Å². The summed E-state index contributed by atoms with van der Waals surface area (Å²) in [5.74, 6) is 0.429. The van der Waals surface area contributed by atoms with Crippen LogP contribution in [0, 0.1) is 0 Å². The molecule has 2 N–H and O–H groups in total. The van der Waals surface area contributed by atoms with Crippen LogP contribution < -0.4 is 5.73 Å². The number of nitrogen functional groups attached to an aromatic ring is 1. The Balaban J connectivity index is 2.36. The number of hydrogen-bond acceptors (Lipinski definition) is 4. The minimum absolute atomic E-state index is 0.352. The van der Waals surface area contributed by atoms with E-state index in [2.05, 4.69) is 5.10 Å². The first-order valence-electron chi connectivity index (χ1n) is 5.64. The first kappa shape index (κ1) is 11.0. The Hall–Kier alpha value is -1.52. The molecule has 1 heterocycles. The predicted molar refractivity (Wildman–Crippen MR) is 60.2 cm³/mol. The molecule has 0 amide bonds. The number of aryl methyl sites for hydroxylation is 1. The number of aromatic nitrogens is 2. The Morgan fingerprint density at radius 3 is 2.81 bits per heavy atom. The highest BCUT2D eigenvalue weighted by molar-refractivity contribution is 5.95. The number of nitrogens with two attached hydrogens (primary N) is 1. The summed E-state index contributed by atoms with van der Waals surface area (Å²) < 4.78 is 6.56. The van der Waals surface area contributed by atoms with Crippen molar-refractivity contribution in [3.05, 3.63) is 11.3 Å². The average Bonchev–Trinajstić information content (AvgIpc) is 2.41. The highest BCUT2D eigenvalue weighted by atomic mass is 16.5. The van der Waals surface area contributed by atoms with E-state index in [0.29, 0.717) is 23.9 Å². The molecular weight excluding hydrogens is 206 g/mol. The van der Waals surface area contributed by atoms with E-state index in [-0.39, 0.29) is 5.97 Å². The Labute approximate surface area is 94.6 Å². The minimum atomic E-state index is -0.352. The zero-order valence-electron chi connectivity index (χ0n) is 9.69.